The fourth-order valence-electron chi connectivity index (χ4n) is 3.80. The number of oxazole rings is 1. The van der Waals surface area contributed by atoms with E-state index in [9.17, 15) is 9.18 Å². The van der Waals surface area contributed by atoms with Gasteiger partial charge in [0, 0.05) is 29.9 Å². The summed E-state index contributed by atoms with van der Waals surface area (Å²) in [6.07, 6.45) is 1.60. The van der Waals surface area contributed by atoms with Gasteiger partial charge in [-0.3, -0.25) is 4.79 Å². The van der Waals surface area contributed by atoms with Gasteiger partial charge in [0.05, 0.1) is 0 Å². The van der Waals surface area contributed by atoms with Crippen LogP contribution in [0.5, 0.6) is 0 Å². The monoisotopic (exact) mass is 363 g/mol. The second kappa shape index (κ2) is 6.23. The molecular formula is C21H18FN3O2. The molecule has 27 heavy (non-hydrogen) atoms. The molecule has 0 radical (unpaired) electrons. The van der Waals surface area contributed by atoms with Crippen molar-refractivity contribution in [3.8, 4) is 0 Å². The average molecular weight is 363 g/mol. The Labute approximate surface area is 154 Å². The summed E-state index contributed by atoms with van der Waals surface area (Å²) in [5.74, 6) is 0.539. The standard InChI is InChI=1S/C21H18FN3O2/c22-15-4-3-6-16-14(15)12-18(23-16)21(26)25-10-8-13(9-11-25)20-24-17-5-1-2-7-19(17)27-20/h1-7,12-13,23H,8-11H2. The van der Waals surface area contributed by atoms with Crippen molar-refractivity contribution in [1.29, 1.82) is 0 Å². The van der Waals surface area contributed by atoms with Gasteiger partial charge in [-0.2, -0.15) is 0 Å². The molecule has 2 aromatic carbocycles. The number of aromatic amines is 1. The van der Waals surface area contributed by atoms with Crippen molar-refractivity contribution in [2.75, 3.05) is 13.1 Å². The fourth-order valence-corrected chi connectivity index (χ4v) is 3.80. The summed E-state index contributed by atoms with van der Waals surface area (Å²) >= 11 is 0. The van der Waals surface area contributed by atoms with Crippen LogP contribution in [0.1, 0.15) is 35.1 Å². The predicted octanol–water partition coefficient (Wildman–Crippen LogP) is 4.47. The van der Waals surface area contributed by atoms with Gasteiger partial charge in [-0.15, -0.1) is 0 Å². The van der Waals surface area contributed by atoms with Crippen LogP contribution in [0, 0.1) is 5.82 Å². The maximum atomic E-state index is 13.9. The third-order valence-electron chi connectivity index (χ3n) is 5.28. The Bertz CT molecular complexity index is 1110. The molecule has 0 spiro atoms. The zero-order chi connectivity index (χ0) is 18.4. The lowest BCUT2D eigenvalue weighted by molar-refractivity contribution is 0.0702. The number of fused-ring (bicyclic) bond motifs is 2. The summed E-state index contributed by atoms with van der Waals surface area (Å²) in [6, 6.07) is 14.1. The van der Waals surface area contributed by atoms with E-state index >= 15 is 0 Å². The fraction of sp³-hybridized carbons (Fsp3) is 0.238. The van der Waals surface area contributed by atoms with Crippen LogP contribution in [0.15, 0.2) is 52.9 Å². The minimum atomic E-state index is -0.322. The molecular weight excluding hydrogens is 345 g/mol. The van der Waals surface area contributed by atoms with Crippen molar-refractivity contribution < 1.29 is 13.6 Å². The lowest BCUT2D eigenvalue weighted by Gasteiger charge is -2.30. The largest absolute Gasteiger partial charge is 0.440 e. The van der Waals surface area contributed by atoms with Crippen LogP contribution in [0.3, 0.4) is 0 Å². The van der Waals surface area contributed by atoms with E-state index in [0.717, 1.165) is 29.8 Å². The first kappa shape index (κ1) is 16.1. The highest BCUT2D eigenvalue weighted by molar-refractivity contribution is 5.98. The van der Waals surface area contributed by atoms with Crippen LogP contribution in [-0.2, 0) is 0 Å². The maximum Gasteiger partial charge on any atom is 0.270 e. The number of nitrogens with one attached hydrogen (secondary N) is 1. The molecule has 1 saturated heterocycles. The molecule has 1 amide bonds. The zero-order valence-electron chi connectivity index (χ0n) is 14.6. The van der Waals surface area contributed by atoms with Gasteiger partial charge >= 0.3 is 0 Å². The number of nitrogens with zero attached hydrogens (tertiary/aromatic N) is 2. The molecule has 6 heteroatoms. The van der Waals surface area contributed by atoms with E-state index in [0.29, 0.717) is 29.7 Å². The van der Waals surface area contributed by atoms with Crippen molar-refractivity contribution in [1.82, 2.24) is 14.9 Å². The summed E-state index contributed by atoms with van der Waals surface area (Å²) in [5, 5.41) is 0.446. The Morgan fingerprint density at radius 2 is 1.96 bits per heavy atom. The summed E-state index contributed by atoms with van der Waals surface area (Å²) < 4.78 is 19.7. The van der Waals surface area contributed by atoms with Gasteiger partial charge in [-0.1, -0.05) is 18.2 Å². The number of halogens is 1. The number of H-pyrrole nitrogens is 1. The van der Waals surface area contributed by atoms with Gasteiger partial charge in [-0.25, -0.2) is 9.37 Å². The molecule has 0 atom stereocenters. The van der Waals surface area contributed by atoms with Crippen LogP contribution in [0.25, 0.3) is 22.0 Å². The number of rotatable bonds is 2. The van der Waals surface area contributed by atoms with Gasteiger partial charge in [-0.05, 0) is 43.2 Å². The summed E-state index contributed by atoms with van der Waals surface area (Å²) in [6.45, 7) is 1.25. The molecule has 5 rings (SSSR count). The lowest BCUT2D eigenvalue weighted by Crippen LogP contribution is -2.38. The molecule has 3 heterocycles. The number of carbonyl (C=O) groups excluding carboxylic acids is 1. The quantitative estimate of drug-likeness (QED) is 0.572. The Morgan fingerprint density at radius 3 is 2.74 bits per heavy atom. The number of benzene rings is 2. The van der Waals surface area contributed by atoms with Crippen molar-refractivity contribution in [2.24, 2.45) is 0 Å². The summed E-state index contributed by atoms with van der Waals surface area (Å²) in [7, 11) is 0. The van der Waals surface area contributed by atoms with Gasteiger partial charge < -0.3 is 14.3 Å². The second-order valence-electron chi connectivity index (χ2n) is 6.97. The van der Waals surface area contributed by atoms with E-state index < -0.39 is 0 Å². The topological polar surface area (TPSA) is 62.1 Å². The molecule has 1 N–H and O–H groups in total. The maximum absolute atomic E-state index is 13.9. The zero-order valence-corrected chi connectivity index (χ0v) is 14.6. The van der Waals surface area contributed by atoms with E-state index in [1.807, 2.05) is 29.2 Å². The van der Waals surface area contributed by atoms with Gasteiger partial charge in [0.25, 0.3) is 5.91 Å². The van der Waals surface area contributed by atoms with Gasteiger partial charge in [0.1, 0.15) is 17.0 Å². The van der Waals surface area contributed by atoms with E-state index in [1.54, 1.807) is 18.2 Å². The van der Waals surface area contributed by atoms with Crippen molar-refractivity contribution in [3.63, 3.8) is 0 Å². The smallest absolute Gasteiger partial charge is 0.270 e. The molecule has 4 aromatic rings. The van der Waals surface area contributed by atoms with E-state index in [1.165, 1.54) is 6.07 Å². The molecule has 2 aromatic heterocycles. The molecule has 0 unspecified atom stereocenters. The number of hydrogen-bond donors (Lipinski definition) is 1. The summed E-state index contributed by atoms with van der Waals surface area (Å²) in [4.78, 5) is 22.2. The molecule has 0 bridgehead atoms. The Balaban J connectivity index is 1.31. The van der Waals surface area contributed by atoms with Crippen LogP contribution in [0.4, 0.5) is 4.39 Å². The number of hydrogen-bond acceptors (Lipinski definition) is 3. The first-order chi connectivity index (χ1) is 13.2. The van der Waals surface area contributed by atoms with Crippen LogP contribution >= 0.6 is 0 Å². The van der Waals surface area contributed by atoms with Crippen LogP contribution in [-0.4, -0.2) is 33.9 Å². The van der Waals surface area contributed by atoms with Gasteiger partial charge in [0.2, 0.25) is 0 Å². The normalized spacial score (nSPS) is 15.7. The molecule has 136 valence electrons. The number of amides is 1. The van der Waals surface area contributed by atoms with E-state index in [2.05, 4.69) is 9.97 Å². The average Bonchev–Trinajstić information content (AvgIpc) is 3.32. The Morgan fingerprint density at radius 1 is 1.15 bits per heavy atom. The highest BCUT2D eigenvalue weighted by atomic mass is 19.1. The third kappa shape index (κ3) is 2.77. The van der Waals surface area contributed by atoms with Crippen molar-refractivity contribution in [3.05, 3.63) is 65.9 Å². The summed E-state index contributed by atoms with van der Waals surface area (Å²) in [5.41, 5.74) is 2.73. The van der Waals surface area contributed by atoms with Crippen molar-refractivity contribution in [2.45, 2.75) is 18.8 Å². The first-order valence-electron chi connectivity index (χ1n) is 9.11. The minimum absolute atomic E-state index is 0.0957. The number of likely N-dealkylation sites (tertiary alicyclic amines) is 1. The number of piperidine rings is 1. The molecule has 0 saturated carbocycles. The van der Waals surface area contributed by atoms with Crippen molar-refractivity contribution >= 4 is 27.9 Å². The van der Waals surface area contributed by atoms with Crippen LogP contribution in [0.2, 0.25) is 0 Å². The lowest BCUT2D eigenvalue weighted by atomic mass is 9.96. The molecule has 1 aliphatic heterocycles. The molecule has 1 aliphatic rings. The Hall–Kier alpha value is -3.15. The first-order valence-corrected chi connectivity index (χ1v) is 9.11. The highest BCUT2D eigenvalue weighted by Gasteiger charge is 2.28. The number of para-hydroxylation sites is 2. The van der Waals surface area contributed by atoms with Gasteiger partial charge in [0.15, 0.2) is 11.5 Å². The third-order valence-corrected chi connectivity index (χ3v) is 5.28. The highest BCUT2D eigenvalue weighted by Crippen LogP contribution is 2.30. The second-order valence-corrected chi connectivity index (χ2v) is 6.97. The van der Waals surface area contributed by atoms with E-state index in [4.69, 9.17) is 4.42 Å². The minimum Gasteiger partial charge on any atom is -0.440 e. The predicted molar refractivity (Wildman–Crippen MR) is 100 cm³/mol. The number of carbonyl (C=O) groups is 1. The van der Waals surface area contributed by atoms with Crippen LogP contribution < -0.4 is 0 Å². The van der Waals surface area contributed by atoms with E-state index in [-0.39, 0.29) is 17.6 Å². The SMILES string of the molecule is O=C(c1cc2c(F)cccc2[nH]1)N1CCC(c2nc3ccccc3o2)CC1. The Kier molecular flexibility index (Phi) is 3.70. The molecule has 5 nitrogen and oxygen atoms in total. The molecule has 1 fully saturated rings. The molecule has 0 aliphatic carbocycles. The number of aromatic nitrogens is 2.